The number of aliphatic hydroxyl groups excluding tert-OH is 1. The molecule has 0 spiro atoms. The Morgan fingerprint density at radius 1 is 0.650 bits per heavy atom. The number of unbranched alkanes of at least 4 members (excludes halogenated alkanes) is 1. The third-order valence-corrected chi connectivity index (χ3v) is 8.92. The van der Waals surface area contributed by atoms with Gasteiger partial charge >= 0.3 is 11.9 Å². The second-order valence-corrected chi connectivity index (χ2v) is 13.9. The first-order valence-electron chi connectivity index (χ1n) is 19.0. The molecule has 332 valence electrons. The Bertz CT molecular complexity index is 1760. The number of amides is 7. The van der Waals surface area contributed by atoms with Crippen LogP contribution in [-0.2, 0) is 56.0 Å². The van der Waals surface area contributed by atoms with E-state index in [4.69, 9.17) is 22.3 Å². The van der Waals surface area contributed by atoms with Gasteiger partial charge in [-0.15, -0.1) is 0 Å². The monoisotopic (exact) mass is 849 g/mol. The first-order chi connectivity index (χ1) is 28.3. The number of carboxylic acids is 2. The molecule has 0 bridgehead atoms. The van der Waals surface area contributed by atoms with Gasteiger partial charge in [-0.3, -0.25) is 38.4 Å². The Hall–Kier alpha value is -6.47. The van der Waals surface area contributed by atoms with Crippen LogP contribution in [0.2, 0.25) is 0 Å². The van der Waals surface area contributed by atoms with Crippen molar-refractivity contribution >= 4 is 53.3 Å². The van der Waals surface area contributed by atoms with Crippen LogP contribution >= 0.6 is 0 Å². The summed E-state index contributed by atoms with van der Waals surface area (Å²) >= 11 is 0. The first-order valence-corrected chi connectivity index (χ1v) is 19.0. The lowest BCUT2D eigenvalue weighted by Crippen LogP contribution is -2.61. The van der Waals surface area contributed by atoms with Gasteiger partial charge in [0.05, 0.1) is 24.8 Å². The number of rotatable bonds is 28. The van der Waals surface area contributed by atoms with Crippen LogP contribution in [0.15, 0.2) is 25.0 Å². The average molecular weight is 850 g/mol. The van der Waals surface area contributed by atoms with Gasteiger partial charge < -0.3 is 74.4 Å². The number of nitrogens with one attached hydrogen (secondary N) is 8. The summed E-state index contributed by atoms with van der Waals surface area (Å²) in [5.74, 6) is -9.31. The van der Waals surface area contributed by atoms with E-state index in [0.29, 0.717) is 30.8 Å². The SMILES string of the molecule is C[C@H](NC(=O)[C@H](Cc1cnc[nH]1)NC(=O)[C@@H](NC(=O)[C@@H](N)CCCCN)[C@@H](C)O)C(=O)N[C@@H](CCC(N)=O)C(=O)N[C@@H](Cc1cnc[nH]1)C(=O)N[C@@H](CCC(=O)O)C(=O)O. The van der Waals surface area contributed by atoms with Crippen LogP contribution in [0.25, 0.3) is 0 Å². The third-order valence-electron chi connectivity index (χ3n) is 8.92. The summed E-state index contributed by atoms with van der Waals surface area (Å²) in [6.45, 7) is 2.88. The maximum Gasteiger partial charge on any atom is 0.326 e. The second-order valence-electron chi connectivity index (χ2n) is 13.9. The Labute approximate surface area is 343 Å². The highest BCUT2D eigenvalue weighted by Crippen LogP contribution is 2.08. The molecule has 25 heteroatoms. The molecule has 2 heterocycles. The largest absolute Gasteiger partial charge is 0.481 e. The van der Waals surface area contributed by atoms with Crippen molar-refractivity contribution < 1.29 is 58.5 Å². The number of imidazole rings is 2. The van der Waals surface area contributed by atoms with E-state index in [-0.39, 0.29) is 25.7 Å². The average Bonchev–Trinajstić information content (AvgIpc) is 3.90. The predicted octanol–water partition coefficient (Wildman–Crippen LogP) is -5.10. The highest BCUT2D eigenvalue weighted by Gasteiger charge is 2.34. The van der Waals surface area contributed by atoms with Gasteiger partial charge in [-0.25, -0.2) is 14.8 Å². The van der Waals surface area contributed by atoms with E-state index in [1.165, 1.54) is 38.9 Å². The van der Waals surface area contributed by atoms with Crippen molar-refractivity contribution in [3.05, 3.63) is 36.4 Å². The molecule has 7 amide bonds. The van der Waals surface area contributed by atoms with Crippen LogP contribution in [0.1, 0.15) is 70.2 Å². The smallest absolute Gasteiger partial charge is 0.326 e. The number of primary amides is 1. The molecule has 2 aromatic heterocycles. The zero-order chi connectivity index (χ0) is 44.9. The van der Waals surface area contributed by atoms with Gasteiger partial charge in [-0.05, 0) is 46.1 Å². The van der Waals surface area contributed by atoms with Crippen LogP contribution in [0.5, 0.6) is 0 Å². The number of aromatic nitrogens is 4. The Morgan fingerprint density at radius 3 is 1.63 bits per heavy atom. The molecule has 2 aromatic rings. The second kappa shape index (κ2) is 25.1. The quantitative estimate of drug-likeness (QED) is 0.0356. The van der Waals surface area contributed by atoms with Crippen molar-refractivity contribution in [2.75, 3.05) is 6.54 Å². The van der Waals surface area contributed by atoms with Crippen LogP contribution in [0.4, 0.5) is 0 Å². The van der Waals surface area contributed by atoms with Gasteiger partial charge in [0, 0.05) is 49.5 Å². The molecule has 25 nitrogen and oxygen atoms in total. The van der Waals surface area contributed by atoms with Crippen LogP contribution < -0.4 is 49.1 Å². The number of aliphatic hydroxyl groups is 1. The number of aromatic amines is 2. The van der Waals surface area contributed by atoms with Gasteiger partial charge in [0.25, 0.3) is 0 Å². The molecule has 0 saturated carbocycles. The predicted molar refractivity (Wildman–Crippen MR) is 207 cm³/mol. The summed E-state index contributed by atoms with van der Waals surface area (Å²) in [5.41, 5.74) is 17.4. The zero-order valence-electron chi connectivity index (χ0n) is 33.1. The van der Waals surface area contributed by atoms with Gasteiger partial charge in [0.2, 0.25) is 41.4 Å². The van der Waals surface area contributed by atoms with Crippen molar-refractivity contribution in [2.24, 2.45) is 17.2 Å². The lowest BCUT2D eigenvalue weighted by molar-refractivity contribution is -0.143. The molecule has 0 radical (unpaired) electrons. The number of nitrogens with zero attached hydrogens (tertiary/aromatic N) is 2. The molecule has 0 aliphatic rings. The van der Waals surface area contributed by atoms with Crippen molar-refractivity contribution in [1.29, 1.82) is 0 Å². The number of hydrogen-bond donors (Lipinski definition) is 14. The highest BCUT2D eigenvalue weighted by molar-refractivity contribution is 5.97. The summed E-state index contributed by atoms with van der Waals surface area (Å²) in [7, 11) is 0. The number of nitrogens with two attached hydrogens (primary N) is 3. The van der Waals surface area contributed by atoms with Crippen molar-refractivity contribution in [2.45, 2.75) is 120 Å². The van der Waals surface area contributed by atoms with E-state index in [0.717, 1.165) is 0 Å². The van der Waals surface area contributed by atoms with Gasteiger partial charge in [-0.2, -0.15) is 0 Å². The fraction of sp³-hybridized carbons (Fsp3) is 0.571. The normalized spacial score (nSPS) is 15.0. The minimum Gasteiger partial charge on any atom is -0.481 e. The minimum atomic E-state index is -1.64. The number of hydrogen-bond acceptors (Lipinski definition) is 14. The highest BCUT2D eigenvalue weighted by atomic mass is 16.4. The van der Waals surface area contributed by atoms with E-state index in [9.17, 15) is 53.4 Å². The summed E-state index contributed by atoms with van der Waals surface area (Å²) in [5, 5.41) is 43.2. The molecule has 17 N–H and O–H groups in total. The molecule has 0 aliphatic heterocycles. The van der Waals surface area contributed by atoms with Crippen LogP contribution in [-0.4, -0.2) is 143 Å². The van der Waals surface area contributed by atoms with Crippen molar-refractivity contribution in [3.8, 4) is 0 Å². The third kappa shape index (κ3) is 17.6. The Balaban J connectivity index is 2.26. The molecular weight excluding hydrogens is 794 g/mol. The molecular formula is C35H55N13O12. The lowest BCUT2D eigenvalue weighted by Gasteiger charge is -2.27. The summed E-state index contributed by atoms with van der Waals surface area (Å²) < 4.78 is 0. The van der Waals surface area contributed by atoms with Gasteiger partial charge in [0.1, 0.15) is 36.3 Å². The molecule has 0 aliphatic carbocycles. The minimum absolute atomic E-state index is 0.201. The zero-order valence-corrected chi connectivity index (χ0v) is 33.1. The molecule has 2 rings (SSSR count). The number of carboxylic acid groups (broad SMARTS) is 2. The van der Waals surface area contributed by atoms with E-state index < -0.39 is 121 Å². The van der Waals surface area contributed by atoms with Gasteiger partial charge in [-0.1, -0.05) is 6.42 Å². The summed E-state index contributed by atoms with van der Waals surface area (Å²) in [6.07, 6.45) is 2.93. The number of carbonyl (C=O) groups excluding carboxylic acids is 7. The Kier molecular flexibility index (Phi) is 20.8. The summed E-state index contributed by atoms with van der Waals surface area (Å²) in [4.78, 5) is 128. The van der Waals surface area contributed by atoms with Crippen LogP contribution in [0.3, 0.4) is 0 Å². The maximum atomic E-state index is 13.6. The van der Waals surface area contributed by atoms with Crippen molar-refractivity contribution in [3.63, 3.8) is 0 Å². The molecule has 0 fully saturated rings. The Morgan fingerprint density at radius 2 is 1.15 bits per heavy atom. The number of carbonyl (C=O) groups is 9. The van der Waals surface area contributed by atoms with E-state index >= 15 is 0 Å². The van der Waals surface area contributed by atoms with E-state index in [1.807, 2.05) is 0 Å². The van der Waals surface area contributed by atoms with E-state index in [1.54, 1.807) is 0 Å². The standard InChI is InChI=1S/C35H55N13O12/c1-17(43-32(56)24(11-19-13-39-15-41-19)47-34(58)28(18(2)49)48-30(54)21(37)5-3-4-10-36)29(53)44-22(6-8-26(38)50)31(55)46-25(12-20-14-40-16-42-20)33(57)45-23(35(59)60)7-9-27(51)52/h13-18,21-25,28,49H,3-12,36-37H2,1-2H3,(H2,38,50)(H,39,41)(H,40,42)(H,43,56)(H,44,53)(H,45,57)(H,46,55)(H,47,58)(H,48,54)(H,51,52)(H,59,60)/t17-,18+,21-,22-,23-,24-,25-,28-/m0/s1. The fourth-order valence-electron chi connectivity index (χ4n) is 5.52. The molecule has 60 heavy (non-hydrogen) atoms. The lowest BCUT2D eigenvalue weighted by atomic mass is 10.1. The van der Waals surface area contributed by atoms with Crippen molar-refractivity contribution in [1.82, 2.24) is 51.8 Å². The van der Waals surface area contributed by atoms with Gasteiger partial charge in [0.15, 0.2) is 0 Å². The summed E-state index contributed by atoms with van der Waals surface area (Å²) in [6, 6.07) is -10.1. The molecule has 0 aromatic carbocycles. The molecule has 0 unspecified atom stereocenters. The first kappa shape index (κ1) is 49.7. The topological polar surface area (TPSA) is 422 Å². The van der Waals surface area contributed by atoms with E-state index in [2.05, 4.69) is 51.8 Å². The molecule has 8 atom stereocenters. The fourth-order valence-corrected chi connectivity index (χ4v) is 5.52. The molecule has 0 saturated heterocycles. The number of aliphatic carboxylic acids is 2. The maximum absolute atomic E-state index is 13.6. The number of H-pyrrole nitrogens is 2. The van der Waals surface area contributed by atoms with Crippen LogP contribution in [0, 0.1) is 0 Å².